The number of halogens is 1. The number of nitrogens with one attached hydrogen (secondary N) is 1. The van der Waals surface area contributed by atoms with Gasteiger partial charge in [-0.3, -0.25) is 4.79 Å². The molecule has 1 aromatic rings. The van der Waals surface area contributed by atoms with Crippen molar-refractivity contribution in [2.75, 3.05) is 24.3 Å². The Kier molecular flexibility index (Phi) is 5.98. The van der Waals surface area contributed by atoms with E-state index in [1.165, 1.54) is 12.1 Å². The van der Waals surface area contributed by atoms with Crippen molar-refractivity contribution in [2.45, 2.75) is 19.8 Å². The summed E-state index contributed by atoms with van der Waals surface area (Å²) in [7, 11) is 0. The van der Waals surface area contributed by atoms with Gasteiger partial charge in [0, 0.05) is 23.4 Å². The second-order valence-electron chi connectivity index (χ2n) is 4.13. The van der Waals surface area contributed by atoms with E-state index in [1.54, 1.807) is 18.7 Å². The predicted octanol–water partition coefficient (Wildman–Crippen LogP) is 2.59. The molecule has 1 amide bonds. The third-order valence-corrected chi connectivity index (χ3v) is 3.40. The van der Waals surface area contributed by atoms with Gasteiger partial charge in [-0.2, -0.15) is 11.8 Å². The summed E-state index contributed by atoms with van der Waals surface area (Å²) in [6, 6.07) is 2.73. The number of thioether (sulfide) groups is 1. The molecule has 0 heterocycles. The van der Waals surface area contributed by atoms with Gasteiger partial charge in [0.15, 0.2) is 0 Å². The summed E-state index contributed by atoms with van der Waals surface area (Å²) in [5.74, 6) is 0.370. The van der Waals surface area contributed by atoms with Gasteiger partial charge in [-0.05, 0) is 43.9 Å². The Labute approximate surface area is 111 Å². The fourth-order valence-electron chi connectivity index (χ4n) is 1.51. The summed E-state index contributed by atoms with van der Waals surface area (Å²) >= 11 is 1.78. The Balaban J connectivity index is 2.52. The molecule has 0 saturated carbocycles. The van der Waals surface area contributed by atoms with Gasteiger partial charge in [0.2, 0.25) is 0 Å². The zero-order valence-corrected chi connectivity index (χ0v) is 11.6. The van der Waals surface area contributed by atoms with Gasteiger partial charge in [0.1, 0.15) is 5.82 Å². The lowest BCUT2D eigenvalue weighted by atomic mass is 10.1. The highest BCUT2D eigenvalue weighted by atomic mass is 32.2. The fraction of sp³-hybridized carbons (Fsp3) is 0.462. The molecule has 0 bridgehead atoms. The maximum Gasteiger partial charge on any atom is 0.251 e. The molecule has 0 aliphatic rings. The quantitative estimate of drug-likeness (QED) is 0.617. The van der Waals surface area contributed by atoms with Crippen LogP contribution in [-0.4, -0.2) is 24.5 Å². The number of anilines is 1. The normalized spacial score (nSPS) is 10.4. The molecule has 0 fully saturated rings. The number of nitrogen functional groups attached to an aromatic ring is 1. The second-order valence-corrected chi connectivity index (χ2v) is 5.11. The number of amides is 1. The van der Waals surface area contributed by atoms with Crippen LogP contribution in [0.1, 0.15) is 28.8 Å². The number of carbonyl (C=O) groups is 1. The van der Waals surface area contributed by atoms with Crippen molar-refractivity contribution in [1.82, 2.24) is 5.32 Å². The Morgan fingerprint density at radius 1 is 1.44 bits per heavy atom. The standard InChI is InChI=1S/C13H19FN2OS/c1-9-11(14)7-10(8-12(9)15)13(17)16-5-3-4-6-18-2/h7-8H,3-6,15H2,1-2H3,(H,16,17). The van der Waals surface area contributed by atoms with Crippen LogP contribution in [0.2, 0.25) is 0 Å². The van der Waals surface area contributed by atoms with Crippen LogP contribution in [0.5, 0.6) is 0 Å². The van der Waals surface area contributed by atoms with Crippen LogP contribution >= 0.6 is 11.8 Å². The van der Waals surface area contributed by atoms with Gasteiger partial charge in [-0.1, -0.05) is 0 Å². The van der Waals surface area contributed by atoms with Crippen molar-refractivity contribution in [3.8, 4) is 0 Å². The molecule has 0 radical (unpaired) electrons. The van der Waals surface area contributed by atoms with E-state index in [2.05, 4.69) is 11.6 Å². The summed E-state index contributed by atoms with van der Waals surface area (Å²) in [5.41, 5.74) is 6.60. The van der Waals surface area contributed by atoms with E-state index >= 15 is 0 Å². The second kappa shape index (κ2) is 7.26. The first-order valence-electron chi connectivity index (χ1n) is 5.89. The topological polar surface area (TPSA) is 55.1 Å². The average Bonchev–Trinajstić information content (AvgIpc) is 2.34. The lowest BCUT2D eigenvalue weighted by Crippen LogP contribution is -2.24. The van der Waals surface area contributed by atoms with E-state index in [0.717, 1.165) is 18.6 Å². The molecule has 1 aromatic carbocycles. The van der Waals surface area contributed by atoms with Gasteiger partial charge in [0.25, 0.3) is 5.91 Å². The molecule has 0 saturated heterocycles. The Morgan fingerprint density at radius 3 is 2.78 bits per heavy atom. The average molecular weight is 270 g/mol. The summed E-state index contributed by atoms with van der Waals surface area (Å²) < 4.78 is 13.4. The predicted molar refractivity (Wildman–Crippen MR) is 75.5 cm³/mol. The first-order valence-corrected chi connectivity index (χ1v) is 7.28. The number of carbonyl (C=O) groups excluding carboxylic acids is 1. The minimum absolute atomic E-state index is 0.273. The van der Waals surface area contributed by atoms with Crippen LogP contribution in [0.15, 0.2) is 12.1 Å². The van der Waals surface area contributed by atoms with Crippen molar-refractivity contribution in [1.29, 1.82) is 0 Å². The van der Waals surface area contributed by atoms with Gasteiger partial charge in [0.05, 0.1) is 0 Å². The molecule has 100 valence electrons. The fourth-order valence-corrected chi connectivity index (χ4v) is 2.00. The van der Waals surface area contributed by atoms with Gasteiger partial charge in [-0.15, -0.1) is 0 Å². The SMILES string of the molecule is CSCCCCNC(=O)c1cc(N)c(C)c(F)c1. The van der Waals surface area contributed by atoms with E-state index in [4.69, 9.17) is 5.73 Å². The largest absolute Gasteiger partial charge is 0.398 e. The molecular weight excluding hydrogens is 251 g/mol. The number of nitrogens with two attached hydrogens (primary N) is 1. The van der Waals surface area contributed by atoms with Gasteiger partial charge < -0.3 is 11.1 Å². The summed E-state index contributed by atoms with van der Waals surface area (Å²) in [5, 5.41) is 2.76. The highest BCUT2D eigenvalue weighted by molar-refractivity contribution is 7.98. The summed E-state index contributed by atoms with van der Waals surface area (Å²) in [6.07, 6.45) is 4.04. The number of hydrogen-bond acceptors (Lipinski definition) is 3. The van der Waals surface area contributed by atoms with E-state index < -0.39 is 5.82 Å². The van der Waals surface area contributed by atoms with Crippen LogP contribution in [0, 0.1) is 12.7 Å². The van der Waals surface area contributed by atoms with Crippen LogP contribution in [0.3, 0.4) is 0 Å². The van der Waals surface area contributed by atoms with Crippen LogP contribution < -0.4 is 11.1 Å². The maximum absolute atomic E-state index is 13.4. The Hall–Kier alpha value is -1.23. The zero-order chi connectivity index (χ0) is 13.5. The van der Waals surface area contributed by atoms with E-state index in [0.29, 0.717) is 17.8 Å². The maximum atomic E-state index is 13.4. The minimum atomic E-state index is -0.442. The molecule has 0 aliphatic heterocycles. The van der Waals surface area contributed by atoms with Gasteiger partial charge in [-0.25, -0.2) is 4.39 Å². The molecule has 18 heavy (non-hydrogen) atoms. The third-order valence-electron chi connectivity index (χ3n) is 2.71. The van der Waals surface area contributed by atoms with Gasteiger partial charge >= 0.3 is 0 Å². The first-order chi connectivity index (χ1) is 8.56. The number of rotatable bonds is 6. The molecule has 0 aromatic heterocycles. The van der Waals surface area contributed by atoms with Crippen LogP contribution in [0.25, 0.3) is 0 Å². The number of unbranched alkanes of at least 4 members (excludes halogenated alkanes) is 1. The van der Waals surface area contributed by atoms with E-state index in [1.807, 2.05) is 0 Å². The van der Waals surface area contributed by atoms with Crippen LogP contribution in [-0.2, 0) is 0 Å². The van der Waals surface area contributed by atoms with Crippen molar-refractivity contribution in [3.05, 3.63) is 29.1 Å². The van der Waals surface area contributed by atoms with Crippen molar-refractivity contribution >= 4 is 23.4 Å². The van der Waals surface area contributed by atoms with E-state index in [9.17, 15) is 9.18 Å². The smallest absolute Gasteiger partial charge is 0.251 e. The van der Waals surface area contributed by atoms with Crippen molar-refractivity contribution < 1.29 is 9.18 Å². The number of benzene rings is 1. The van der Waals surface area contributed by atoms with Crippen molar-refractivity contribution in [2.24, 2.45) is 0 Å². The minimum Gasteiger partial charge on any atom is -0.398 e. The Morgan fingerprint density at radius 2 is 2.17 bits per heavy atom. The summed E-state index contributed by atoms with van der Waals surface area (Å²) in [4.78, 5) is 11.8. The van der Waals surface area contributed by atoms with Crippen molar-refractivity contribution in [3.63, 3.8) is 0 Å². The molecule has 0 aliphatic carbocycles. The first kappa shape index (κ1) is 14.8. The zero-order valence-electron chi connectivity index (χ0n) is 10.8. The lowest BCUT2D eigenvalue weighted by molar-refractivity contribution is 0.0953. The Bertz CT molecular complexity index is 400. The van der Waals surface area contributed by atoms with E-state index in [-0.39, 0.29) is 11.5 Å². The molecule has 1 rings (SSSR count). The molecule has 3 nitrogen and oxygen atoms in total. The molecule has 3 N–H and O–H groups in total. The molecule has 0 spiro atoms. The lowest BCUT2D eigenvalue weighted by Gasteiger charge is -2.08. The number of hydrogen-bond donors (Lipinski definition) is 2. The highest BCUT2D eigenvalue weighted by Gasteiger charge is 2.10. The molecule has 5 heteroatoms. The molecule has 0 unspecified atom stereocenters. The highest BCUT2D eigenvalue weighted by Crippen LogP contribution is 2.17. The monoisotopic (exact) mass is 270 g/mol. The summed E-state index contributed by atoms with van der Waals surface area (Å²) in [6.45, 7) is 2.20. The molecule has 0 atom stereocenters. The van der Waals surface area contributed by atoms with Crippen LogP contribution in [0.4, 0.5) is 10.1 Å². The molecular formula is C13H19FN2OS. The third kappa shape index (κ3) is 4.22.